The zero-order chi connectivity index (χ0) is 17.9. The number of amides is 2. The first-order chi connectivity index (χ1) is 12.1. The number of carbonyl (C=O) groups excluding carboxylic acids is 2. The summed E-state index contributed by atoms with van der Waals surface area (Å²) in [5.74, 6) is 0.569. The van der Waals surface area contributed by atoms with Crippen molar-refractivity contribution in [3.05, 3.63) is 18.2 Å². The number of methoxy groups -OCH3 is 2. The molecule has 1 aliphatic heterocycles. The van der Waals surface area contributed by atoms with Crippen LogP contribution in [0.4, 0.5) is 5.69 Å². The maximum absolute atomic E-state index is 12.7. The van der Waals surface area contributed by atoms with Crippen LogP contribution in [0.1, 0.15) is 25.7 Å². The monoisotopic (exact) mass is 348 g/mol. The van der Waals surface area contributed by atoms with Crippen molar-refractivity contribution in [2.24, 2.45) is 5.41 Å². The van der Waals surface area contributed by atoms with Gasteiger partial charge >= 0.3 is 0 Å². The third-order valence-corrected chi connectivity index (χ3v) is 4.79. The molecule has 1 saturated heterocycles. The highest BCUT2D eigenvalue weighted by atomic mass is 16.5. The van der Waals surface area contributed by atoms with Gasteiger partial charge in [-0.05, 0) is 37.8 Å². The fraction of sp³-hybridized carbons (Fsp3) is 0.556. The van der Waals surface area contributed by atoms with Crippen molar-refractivity contribution < 1.29 is 23.8 Å². The van der Waals surface area contributed by atoms with Crippen LogP contribution >= 0.6 is 0 Å². The molecular formula is C18H24N2O5. The number of nitrogens with one attached hydrogen (secondary N) is 2. The second kappa shape index (κ2) is 7.31. The van der Waals surface area contributed by atoms with Gasteiger partial charge in [-0.25, -0.2) is 0 Å². The van der Waals surface area contributed by atoms with E-state index in [1.54, 1.807) is 25.3 Å². The molecule has 1 saturated carbocycles. The van der Waals surface area contributed by atoms with Crippen LogP contribution in [0.15, 0.2) is 18.2 Å². The molecule has 136 valence electrons. The number of benzene rings is 1. The Labute approximate surface area is 147 Å². The van der Waals surface area contributed by atoms with E-state index in [1.165, 1.54) is 7.11 Å². The fourth-order valence-corrected chi connectivity index (χ4v) is 3.02. The van der Waals surface area contributed by atoms with E-state index in [-0.39, 0.29) is 17.9 Å². The van der Waals surface area contributed by atoms with Crippen molar-refractivity contribution in [2.75, 3.05) is 32.7 Å². The Hall–Kier alpha value is -2.28. The standard InChI is InChI=1S/C18H24N2O5/c1-23-12-5-6-15(24-2)14(10-12)20-17(22)18(7-8-18)16(21)19-11-13-4-3-9-25-13/h5-6,10,13H,3-4,7-9,11H2,1-2H3,(H,19,21)(H,20,22). The molecule has 7 nitrogen and oxygen atoms in total. The summed E-state index contributed by atoms with van der Waals surface area (Å²) in [7, 11) is 3.08. The maximum atomic E-state index is 12.7. The van der Waals surface area contributed by atoms with Crippen molar-refractivity contribution in [3.8, 4) is 11.5 Å². The normalized spacial score (nSPS) is 20.6. The molecular weight excluding hydrogens is 324 g/mol. The number of carbonyl (C=O) groups is 2. The van der Waals surface area contributed by atoms with E-state index in [4.69, 9.17) is 14.2 Å². The lowest BCUT2D eigenvalue weighted by Gasteiger charge is -2.18. The third kappa shape index (κ3) is 3.71. The van der Waals surface area contributed by atoms with Gasteiger partial charge in [0.25, 0.3) is 0 Å². The molecule has 0 bridgehead atoms. The summed E-state index contributed by atoms with van der Waals surface area (Å²) >= 11 is 0. The van der Waals surface area contributed by atoms with Crippen LogP contribution in [0.5, 0.6) is 11.5 Å². The van der Waals surface area contributed by atoms with Crippen LogP contribution < -0.4 is 20.1 Å². The highest BCUT2D eigenvalue weighted by Crippen LogP contribution is 2.47. The molecule has 0 radical (unpaired) electrons. The van der Waals surface area contributed by atoms with Gasteiger partial charge in [0.2, 0.25) is 11.8 Å². The Balaban J connectivity index is 1.64. The van der Waals surface area contributed by atoms with Crippen LogP contribution in [-0.2, 0) is 14.3 Å². The SMILES string of the molecule is COc1ccc(OC)c(NC(=O)C2(C(=O)NCC3CCCO3)CC2)c1. The van der Waals surface area contributed by atoms with Gasteiger partial charge in [-0.3, -0.25) is 9.59 Å². The number of ether oxygens (including phenoxy) is 3. The van der Waals surface area contributed by atoms with E-state index < -0.39 is 5.41 Å². The van der Waals surface area contributed by atoms with Crippen LogP contribution in [-0.4, -0.2) is 45.3 Å². The summed E-state index contributed by atoms with van der Waals surface area (Å²) in [4.78, 5) is 25.2. The zero-order valence-corrected chi connectivity index (χ0v) is 14.6. The molecule has 2 fully saturated rings. The summed E-state index contributed by atoms with van der Waals surface area (Å²) in [6.07, 6.45) is 3.11. The largest absolute Gasteiger partial charge is 0.497 e. The molecule has 1 atom stereocenters. The second-order valence-corrected chi connectivity index (χ2v) is 6.45. The minimum absolute atomic E-state index is 0.0567. The summed E-state index contributed by atoms with van der Waals surface area (Å²) in [5, 5.41) is 5.68. The lowest BCUT2D eigenvalue weighted by Crippen LogP contribution is -2.42. The first kappa shape index (κ1) is 17.5. The quantitative estimate of drug-likeness (QED) is 0.733. The van der Waals surface area contributed by atoms with Gasteiger partial charge in [0.05, 0.1) is 26.0 Å². The Morgan fingerprint density at radius 2 is 2.04 bits per heavy atom. The lowest BCUT2D eigenvalue weighted by atomic mass is 10.0. The molecule has 0 spiro atoms. The highest BCUT2D eigenvalue weighted by molar-refractivity contribution is 6.13. The number of hydrogen-bond donors (Lipinski definition) is 2. The maximum Gasteiger partial charge on any atom is 0.240 e. The smallest absolute Gasteiger partial charge is 0.240 e. The fourth-order valence-electron chi connectivity index (χ4n) is 3.02. The predicted octanol–water partition coefficient (Wildman–Crippen LogP) is 1.72. The van der Waals surface area contributed by atoms with Crippen LogP contribution in [0, 0.1) is 5.41 Å². The van der Waals surface area contributed by atoms with Crippen LogP contribution in [0.25, 0.3) is 0 Å². The van der Waals surface area contributed by atoms with Crippen molar-refractivity contribution in [2.45, 2.75) is 31.8 Å². The molecule has 7 heteroatoms. The molecule has 1 aromatic carbocycles. The molecule has 2 aliphatic rings. The van der Waals surface area contributed by atoms with Crippen molar-refractivity contribution in [3.63, 3.8) is 0 Å². The Bertz CT molecular complexity index is 651. The van der Waals surface area contributed by atoms with E-state index in [0.29, 0.717) is 36.6 Å². The first-order valence-corrected chi connectivity index (χ1v) is 8.52. The average Bonchev–Trinajstić information content (AvgIpc) is 3.29. The van der Waals surface area contributed by atoms with Crippen molar-refractivity contribution >= 4 is 17.5 Å². The van der Waals surface area contributed by atoms with E-state index in [2.05, 4.69) is 10.6 Å². The number of anilines is 1. The highest BCUT2D eigenvalue weighted by Gasteiger charge is 2.56. The minimum Gasteiger partial charge on any atom is -0.497 e. The average molecular weight is 348 g/mol. The number of rotatable bonds is 7. The molecule has 1 aliphatic carbocycles. The molecule has 2 amide bonds. The Morgan fingerprint density at radius 3 is 2.64 bits per heavy atom. The number of hydrogen-bond acceptors (Lipinski definition) is 5. The minimum atomic E-state index is -0.993. The van der Waals surface area contributed by atoms with E-state index >= 15 is 0 Å². The van der Waals surface area contributed by atoms with Crippen LogP contribution in [0.2, 0.25) is 0 Å². The Kier molecular flexibility index (Phi) is 5.13. The third-order valence-electron chi connectivity index (χ3n) is 4.79. The Morgan fingerprint density at radius 1 is 1.24 bits per heavy atom. The van der Waals surface area contributed by atoms with Crippen molar-refractivity contribution in [1.29, 1.82) is 0 Å². The van der Waals surface area contributed by atoms with Crippen LogP contribution in [0.3, 0.4) is 0 Å². The summed E-state index contributed by atoms with van der Waals surface area (Å²) < 4.78 is 15.9. The molecule has 2 N–H and O–H groups in total. The van der Waals surface area contributed by atoms with Crippen molar-refractivity contribution in [1.82, 2.24) is 5.32 Å². The predicted molar refractivity (Wildman–Crippen MR) is 91.8 cm³/mol. The molecule has 0 aromatic heterocycles. The van der Waals surface area contributed by atoms with E-state index in [1.807, 2.05) is 0 Å². The van der Waals surface area contributed by atoms with Gasteiger partial charge in [-0.2, -0.15) is 0 Å². The molecule has 3 rings (SSSR count). The van der Waals surface area contributed by atoms with E-state index in [9.17, 15) is 9.59 Å². The topological polar surface area (TPSA) is 85.9 Å². The summed E-state index contributed by atoms with van der Waals surface area (Å²) in [6.45, 7) is 1.19. The molecule has 25 heavy (non-hydrogen) atoms. The van der Waals surface area contributed by atoms with E-state index in [0.717, 1.165) is 19.4 Å². The summed E-state index contributed by atoms with van der Waals surface area (Å²) in [5.41, 5.74) is -0.503. The lowest BCUT2D eigenvalue weighted by molar-refractivity contribution is -0.134. The van der Waals surface area contributed by atoms with Gasteiger partial charge < -0.3 is 24.8 Å². The molecule has 1 heterocycles. The second-order valence-electron chi connectivity index (χ2n) is 6.45. The zero-order valence-electron chi connectivity index (χ0n) is 14.6. The van der Waals surface area contributed by atoms with Gasteiger partial charge in [0.15, 0.2) is 0 Å². The van der Waals surface area contributed by atoms with Gasteiger partial charge in [0.1, 0.15) is 16.9 Å². The van der Waals surface area contributed by atoms with Gasteiger partial charge in [-0.15, -0.1) is 0 Å². The molecule has 1 aromatic rings. The van der Waals surface area contributed by atoms with Gasteiger partial charge in [-0.1, -0.05) is 0 Å². The first-order valence-electron chi connectivity index (χ1n) is 8.52. The molecule has 1 unspecified atom stereocenters. The van der Waals surface area contributed by atoms with Gasteiger partial charge in [0, 0.05) is 19.2 Å². The summed E-state index contributed by atoms with van der Waals surface area (Å²) in [6, 6.07) is 5.14.